The normalized spacial score (nSPS) is 11.1. The van der Waals surface area contributed by atoms with Crippen molar-refractivity contribution in [3.63, 3.8) is 0 Å². The molecule has 20 heavy (non-hydrogen) atoms. The molecule has 5 heteroatoms. The van der Waals surface area contributed by atoms with E-state index in [1.54, 1.807) is 26.4 Å². The first-order valence-corrected chi connectivity index (χ1v) is 6.60. The zero-order valence-electron chi connectivity index (χ0n) is 12.9. The van der Waals surface area contributed by atoms with Gasteiger partial charge in [-0.2, -0.15) is 0 Å². The summed E-state index contributed by atoms with van der Waals surface area (Å²) < 4.78 is 10.6. The second-order valence-corrected chi connectivity index (χ2v) is 5.38. The van der Waals surface area contributed by atoms with E-state index in [1.165, 1.54) is 0 Å². The van der Waals surface area contributed by atoms with Gasteiger partial charge in [-0.05, 0) is 45.9 Å². The van der Waals surface area contributed by atoms with Gasteiger partial charge >= 0.3 is 0 Å². The van der Waals surface area contributed by atoms with Crippen LogP contribution in [0.2, 0.25) is 0 Å². The predicted octanol–water partition coefficient (Wildman–Crippen LogP) is 1.87. The Labute approximate surface area is 120 Å². The smallest absolute Gasteiger partial charge is 0.251 e. The largest absolute Gasteiger partial charge is 0.496 e. The maximum absolute atomic E-state index is 12.3. The average molecular weight is 280 g/mol. The third-order valence-corrected chi connectivity index (χ3v) is 3.24. The van der Waals surface area contributed by atoms with Crippen LogP contribution in [-0.4, -0.2) is 32.2 Å². The number of nitrogens with two attached hydrogens (primary N) is 1. The summed E-state index contributed by atoms with van der Waals surface area (Å²) >= 11 is 0. The number of methoxy groups -OCH3 is 2. The quantitative estimate of drug-likeness (QED) is 0.834. The number of amides is 1. The van der Waals surface area contributed by atoms with Gasteiger partial charge in [0.15, 0.2) is 0 Å². The Morgan fingerprint density at radius 1 is 1.25 bits per heavy atom. The Kier molecular flexibility index (Phi) is 5.39. The Balaban J connectivity index is 3.04. The Bertz CT molecular complexity index is 459. The van der Waals surface area contributed by atoms with Gasteiger partial charge in [-0.25, -0.2) is 0 Å². The SMILES string of the molecule is COc1cc(C(=O)NC(C)(C)CCN)cc(OC)c1C. The van der Waals surface area contributed by atoms with Crippen molar-refractivity contribution in [3.8, 4) is 11.5 Å². The molecule has 0 bridgehead atoms. The van der Waals surface area contributed by atoms with E-state index in [2.05, 4.69) is 5.32 Å². The highest BCUT2D eigenvalue weighted by Crippen LogP contribution is 2.29. The summed E-state index contributed by atoms with van der Waals surface area (Å²) in [6.45, 7) is 6.30. The van der Waals surface area contributed by atoms with E-state index >= 15 is 0 Å². The van der Waals surface area contributed by atoms with Gasteiger partial charge in [0.05, 0.1) is 14.2 Å². The van der Waals surface area contributed by atoms with Crippen LogP contribution in [0.4, 0.5) is 0 Å². The first-order valence-electron chi connectivity index (χ1n) is 6.60. The van der Waals surface area contributed by atoms with Crippen LogP contribution in [0.3, 0.4) is 0 Å². The molecule has 0 saturated carbocycles. The Morgan fingerprint density at radius 3 is 2.15 bits per heavy atom. The molecule has 1 amide bonds. The molecule has 3 N–H and O–H groups in total. The zero-order valence-corrected chi connectivity index (χ0v) is 12.9. The minimum atomic E-state index is -0.350. The Morgan fingerprint density at radius 2 is 1.75 bits per heavy atom. The van der Waals surface area contributed by atoms with Crippen LogP contribution in [0.1, 0.15) is 36.2 Å². The van der Waals surface area contributed by atoms with Gasteiger partial charge in [0.1, 0.15) is 11.5 Å². The van der Waals surface area contributed by atoms with Crippen molar-refractivity contribution in [1.82, 2.24) is 5.32 Å². The summed E-state index contributed by atoms with van der Waals surface area (Å²) in [6.07, 6.45) is 0.707. The zero-order chi connectivity index (χ0) is 15.3. The van der Waals surface area contributed by atoms with Crippen molar-refractivity contribution >= 4 is 5.91 Å². The summed E-state index contributed by atoms with van der Waals surface area (Å²) in [5.74, 6) is 1.09. The van der Waals surface area contributed by atoms with Crippen LogP contribution in [-0.2, 0) is 0 Å². The highest BCUT2D eigenvalue weighted by molar-refractivity contribution is 5.95. The van der Waals surface area contributed by atoms with E-state index in [-0.39, 0.29) is 11.4 Å². The molecule has 0 aromatic heterocycles. The molecule has 0 fully saturated rings. The predicted molar refractivity (Wildman–Crippen MR) is 79.5 cm³/mol. The number of hydrogen-bond donors (Lipinski definition) is 2. The molecule has 1 aromatic rings. The van der Waals surface area contributed by atoms with Crippen LogP contribution in [0, 0.1) is 6.92 Å². The van der Waals surface area contributed by atoms with Gasteiger partial charge in [-0.3, -0.25) is 4.79 Å². The number of hydrogen-bond acceptors (Lipinski definition) is 4. The summed E-state index contributed by atoms with van der Waals surface area (Å²) in [6, 6.07) is 3.43. The number of carbonyl (C=O) groups excluding carboxylic acids is 1. The summed E-state index contributed by atoms with van der Waals surface area (Å²) in [4.78, 5) is 12.3. The Hall–Kier alpha value is -1.75. The lowest BCUT2D eigenvalue weighted by Crippen LogP contribution is -2.44. The molecule has 1 rings (SSSR count). The van der Waals surface area contributed by atoms with Crippen LogP contribution < -0.4 is 20.5 Å². The van der Waals surface area contributed by atoms with E-state index in [0.717, 1.165) is 5.56 Å². The fourth-order valence-corrected chi connectivity index (χ4v) is 2.02. The highest BCUT2D eigenvalue weighted by Gasteiger charge is 2.21. The van der Waals surface area contributed by atoms with E-state index in [4.69, 9.17) is 15.2 Å². The third-order valence-electron chi connectivity index (χ3n) is 3.24. The number of rotatable bonds is 6. The lowest BCUT2D eigenvalue weighted by Gasteiger charge is -2.26. The average Bonchev–Trinajstić information content (AvgIpc) is 2.38. The molecule has 0 radical (unpaired) electrons. The van der Waals surface area contributed by atoms with E-state index in [0.29, 0.717) is 30.0 Å². The highest BCUT2D eigenvalue weighted by atomic mass is 16.5. The molecule has 0 spiro atoms. The molecule has 0 aliphatic carbocycles. The van der Waals surface area contributed by atoms with Gasteiger partial charge in [-0.1, -0.05) is 0 Å². The monoisotopic (exact) mass is 280 g/mol. The number of carbonyl (C=O) groups is 1. The maximum Gasteiger partial charge on any atom is 0.251 e. The van der Waals surface area contributed by atoms with Crippen LogP contribution in [0.25, 0.3) is 0 Å². The van der Waals surface area contributed by atoms with Crippen LogP contribution in [0.15, 0.2) is 12.1 Å². The molecule has 112 valence electrons. The van der Waals surface area contributed by atoms with Crippen molar-refractivity contribution in [1.29, 1.82) is 0 Å². The molecule has 0 atom stereocenters. The van der Waals surface area contributed by atoms with Gasteiger partial charge in [-0.15, -0.1) is 0 Å². The molecule has 0 heterocycles. The first kappa shape index (κ1) is 16.3. The number of ether oxygens (including phenoxy) is 2. The van der Waals surface area contributed by atoms with Crippen molar-refractivity contribution in [2.75, 3.05) is 20.8 Å². The minimum Gasteiger partial charge on any atom is -0.496 e. The van der Waals surface area contributed by atoms with Crippen molar-refractivity contribution < 1.29 is 14.3 Å². The second-order valence-electron chi connectivity index (χ2n) is 5.38. The standard InChI is InChI=1S/C15H24N2O3/c1-10-12(19-4)8-11(9-13(10)20-5)14(18)17-15(2,3)6-7-16/h8-9H,6-7,16H2,1-5H3,(H,17,18). The minimum absolute atomic E-state index is 0.167. The molecule has 0 saturated heterocycles. The summed E-state index contributed by atoms with van der Waals surface area (Å²) in [7, 11) is 3.14. The molecule has 0 aliphatic heterocycles. The maximum atomic E-state index is 12.3. The van der Waals surface area contributed by atoms with E-state index < -0.39 is 0 Å². The third kappa shape index (κ3) is 3.87. The lowest BCUT2D eigenvalue weighted by molar-refractivity contribution is 0.0909. The van der Waals surface area contributed by atoms with Crippen molar-refractivity contribution in [2.24, 2.45) is 5.73 Å². The molecule has 0 aliphatic rings. The van der Waals surface area contributed by atoms with Gasteiger partial charge in [0.25, 0.3) is 5.91 Å². The van der Waals surface area contributed by atoms with Crippen LogP contribution in [0.5, 0.6) is 11.5 Å². The van der Waals surface area contributed by atoms with Crippen molar-refractivity contribution in [2.45, 2.75) is 32.7 Å². The van der Waals surface area contributed by atoms with Crippen LogP contribution >= 0.6 is 0 Å². The van der Waals surface area contributed by atoms with E-state index in [1.807, 2.05) is 20.8 Å². The summed E-state index contributed by atoms with van der Waals surface area (Å²) in [5, 5.41) is 2.97. The molecule has 1 aromatic carbocycles. The molecule has 0 unspecified atom stereocenters. The second kappa shape index (κ2) is 6.61. The van der Waals surface area contributed by atoms with E-state index in [9.17, 15) is 4.79 Å². The first-order chi connectivity index (χ1) is 9.34. The summed E-state index contributed by atoms with van der Waals surface area (Å²) in [5.41, 5.74) is 6.58. The number of benzene rings is 1. The molecular weight excluding hydrogens is 256 g/mol. The molecule has 5 nitrogen and oxygen atoms in total. The molecular formula is C15H24N2O3. The fraction of sp³-hybridized carbons (Fsp3) is 0.533. The van der Waals surface area contributed by atoms with Gasteiger partial charge in [0.2, 0.25) is 0 Å². The lowest BCUT2D eigenvalue weighted by atomic mass is 9.99. The number of nitrogens with one attached hydrogen (secondary N) is 1. The topological polar surface area (TPSA) is 73.6 Å². The van der Waals surface area contributed by atoms with Gasteiger partial charge < -0.3 is 20.5 Å². The fourth-order valence-electron chi connectivity index (χ4n) is 2.02. The van der Waals surface area contributed by atoms with Crippen molar-refractivity contribution in [3.05, 3.63) is 23.3 Å². The van der Waals surface area contributed by atoms with Gasteiger partial charge in [0, 0.05) is 16.7 Å².